The molecule has 2 N–H and O–H groups in total. The van der Waals surface area contributed by atoms with Gasteiger partial charge in [0.15, 0.2) is 0 Å². The maximum atomic E-state index is 5.80. The normalized spacial score (nSPS) is 25.9. The van der Waals surface area contributed by atoms with Crippen LogP contribution in [-0.4, -0.2) is 61.6 Å². The van der Waals surface area contributed by atoms with Crippen molar-refractivity contribution in [2.45, 2.75) is 25.9 Å². The number of nitrogens with zero attached hydrogens (tertiary/aromatic N) is 3. The largest absolute Gasteiger partial charge is 0.384 e. The summed E-state index contributed by atoms with van der Waals surface area (Å²) >= 11 is 0. The molecule has 0 bridgehead atoms. The van der Waals surface area contributed by atoms with Crippen LogP contribution in [-0.2, 0) is 4.74 Å². The number of amidine groups is 1. The van der Waals surface area contributed by atoms with Crippen molar-refractivity contribution in [1.29, 1.82) is 0 Å². The zero-order chi connectivity index (χ0) is 13.0. The summed E-state index contributed by atoms with van der Waals surface area (Å²) in [5.74, 6) is 1.63. The number of ether oxygens (including phenoxy) is 1. The van der Waals surface area contributed by atoms with Crippen LogP contribution in [0.2, 0.25) is 0 Å². The van der Waals surface area contributed by atoms with E-state index >= 15 is 0 Å². The van der Waals surface area contributed by atoms with Gasteiger partial charge in [0, 0.05) is 39.7 Å². The average Bonchev–Trinajstić information content (AvgIpc) is 2.40. The number of hydrogen-bond donors (Lipinski definition) is 1. The third kappa shape index (κ3) is 3.03. The van der Waals surface area contributed by atoms with Gasteiger partial charge in [0.05, 0.1) is 0 Å². The van der Waals surface area contributed by atoms with Gasteiger partial charge >= 0.3 is 0 Å². The highest BCUT2D eigenvalue weighted by Gasteiger charge is 2.26. The Hall–Kier alpha value is -1.07. The average molecular weight is 252 g/mol. The van der Waals surface area contributed by atoms with E-state index in [9.17, 15) is 0 Å². The van der Waals surface area contributed by atoms with Crippen LogP contribution in [0.4, 0.5) is 0 Å². The van der Waals surface area contributed by atoms with E-state index in [4.69, 9.17) is 10.5 Å². The summed E-state index contributed by atoms with van der Waals surface area (Å²) in [6.07, 6.45) is 4.05. The van der Waals surface area contributed by atoms with E-state index < -0.39 is 0 Å². The third-order valence-electron chi connectivity index (χ3n) is 3.59. The highest BCUT2D eigenvalue weighted by Crippen LogP contribution is 2.15. The number of rotatable bonds is 3. The highest BCUT2D eigenvalue weighted by atomic mass is 16.5. The Labute approximate surface area is 109 Å². The van der Waals surface area contributed by atoms with Gasteiger partial charge in [-0.2, -0.15) is 0 Å². The van der Waals surface area contributed by atoms with Crippen LogP contribution >= 0.6 is 0 Å². The minimum Gasteiger partial charge on any atom is -0.384 e. The van der Waals surface area contributed by atoms with Crippen molar-refractivity contribution in [2.24, 2.45) is 10.7 Å². The van der Waals surface area contributed by atoms with Gasteiger partial charge in [-0.1, -0.05) is 6.92 Å². The van der Waals surface area contributed by atoms with Crippen LogP contribution in [0.3, 0.4) is 0 Å². The molecule has 2 aliphatic rings. The molecule has 0 spiro atoms. The SMILES string of the molecule is CCCN1CCN(C2=NC(N)=CCC2OC)CC1. The second-order valence-electron chi connectivity index (χ2n) is 4.89. The molecule has 1 unspecified atom stereocenters. The van der Waals surface area contributed by atoms with Crippen molar-refractivity contribution in [3.8, 4) is 0 Å². The van der Waals surface area contributed by atoms with E-state index in [-0.39, 0.29) is 6.10 Å². The minimum atomic E-state index is 0.0648. The van der Waals surface area contributed by atoms with Crippen molar-refractivity contribution < 1.29 is 4.74 Å². The molecule has 0 radical (unpaired) electrons. The summed E-state index contributed by atoms with van der Waals surface area (Å²) in [6, 6.07) is 0. The van der Waals surface area contributed by atoms with Gasteiger partial charge in [-0.15, -0.1) is 0 Å². The quantitative estimate of drug-likeness (QED) is 0.800. The summed E-state index contributed by atoms with van der Waals surface area (Å²) in [6.45, 7) is 7.66. The smallest absolute Gasteiger partial charge is 0.136 e. The van der Waals surface area contributed by atoms with Crippen LogP contribution in [0, 0.1) is 0 Å². The molecule has 102 valence electrons. The van der Waals surface area contributed by atoms with Crippen LogP contribution < -0.4 is 5.73 Å². The highest BCUT2D eigenvalue weighted by molar-refractivity contribution is 5.88. The Bertz CT molecular complexity index is 332. The lowest BCUT2D eigenvalue weighted by Gasteiger charge is -2.38. The summed E-state index contributed by atoms with van der Waals surface area (Å²) in [5, 5.41) is 0. The number of aliphatic imine (C=N–C) groups is 1. The van der Waals surface area contributed by atoms with Gasteiger partial charge in [-0.05, 0) is 19.0 Å². The Morgan fingerprint density at radius 1 is 1.39 bits per heavy atom. The van der Waals surface area contributed by atoms with Crippen LogP contribution in [0.25, 0.3) is 0 Å². The molecule has 1 atom stereocenters. The van der Waals surface area contributed by atoms with Gasteiger partial charge in [-0.25, -0.2) is 4.99 Å². The van der Waals surface area contributed by atoms with Crippen molar-refractivity contribution in [1.82, 2.24) is 9.80 Å². The number of methoxy groups -OCH3 is 1. The van der Waals surface area contributed by atoms with Crippen molar-refractivity contribution >= 4 is 5.84 Å². The van der Waals surface area contributed by atoms with Gasteiger partial charge in [-0.3, -0.25) is 4.90 Å². The van der Waals surface area contributed by atoms with E-state index in [1.807, 2.05) is 6.08 Å². The van der Waals surface area contributed by atoms with Gasteiger partial charge < -0.3 is 15.4 Å². The molecule has 5 heteroatoms. The van der Waals surface area contributed by atoms with Crippen LogP contribution in [0.15, 0.2) is 16.9 Å². The second kappa shape index (κ2) is 6.20. The molecular weight excluding hydrogens is 228 g/mol. The Morgan fingerprint density at radius 3 is 2.72 bits per heavy atom. The molecule has 5 nitrogen and oxygen atoms in total. The van der Waals surface area contributed by atoms with Crippen LogP contribution in [0.1, 0.15) is 19.8 Å². The van der Waals surface area contributed by atoms with E-state index in [1.165, 1.54) is 13.0 Å². The summed E-state index contributed by atoms with van der Waals surface area (Å²) in [5.41, 5.74) is 5.80. The van der Waals surface area contributed by atoms with Gasteiger partial charge in [0.1, 0.15) is 17.8 Å². The lowest BCUT2D eigenvalue weighted by molar-refractivity contribution is 0.126. The predicted octanol–water partition coefficient (Wildman–Crippen LogP) is 0.631. The fraction of sp³-hybridized carbons (Fsp3) is 0.769. The molecule has 2 rings (SSSR count). The number of piperazine rings is 1. The molecule has 0 saturated carbocycles. The molecule has 0 aromatic rings. The maximum Gasteiger partial charge on any atom is 0.136 e. The molecule has 0 amide bonds. The molecule has 0 aromatic carbocycles. The molecule has 18 heavy (non-hydrogen) atoms. The third-order valence-corrected chi connectivity index (χ3v) is 3.59. The molecule has 0 aromatic heterocycles. The summed E-state index contributed by atoms with van der Waals surface area (Å²) in [4.78, 5) is 9.29. The molecule has 1 saturated heterocycles. The summed E-state index contributed by atoms with van der Waals surface area (Å²) in [7, 11) is 1.74. The lowest BCUT2D eigenvalue weighted by Crippen LogP contribution is -2.52. The van der Waals surface area contributed by atoms with Gasteiger partial charge in [0.2, 0.25) is 0 Å². The van der Waals surface area contributed by atoms with E-state index in [0.717, 1.165) is 38.4 Å². The fourth-order valence-electron chi connectivity index (χ4n) is 2.58. The van der Waals surface area contributed by atoms with Crippen LogP contribution in [0.5, 0.6) is 0 Å². The number of nitrogens with two attached hydrogens (primary N) is 1. The molecule has 1 fully saturated rings. The topological polar surface area (TPSA) is 54.1 Å². The first kappa shape index (κ1) is 13.4. The first-order valence-electron chi connectivity index (χ1n) is 6.79. The zero-order valence-corrected chi connectivity index (χ0v) is 11.4. The number of hydrogen-bond acceptors (Lipinski definition) is 5. The zero-order valence-electron chi connectivity index (χ0n) is 11.4. The summed E-state index contributed by atoms with van der Waals surface area (Å²) < 4.78 is 5.49. The van der Waals surface area contributed by atoms with Crippen molar-refractivity contribution in [3.05, 3.63) is 11.9 Å². The molecule has 0 aliphatic carbocycles. The Morgan fingerprint density at radius 2 is 2.11 bits per heavy atom. The predicted molar refractivity (Wildman–Crippen MR) is 73.4 cm³/mol. The Kier molecular flexibility index (Phi) is 4.60. The monoisotopic (exact) mass is 252 g/mol. The Balaban J connectivity index is 1.97. The molecule has 2 heterocycles. The van der Waals surface area contributed by atoms with E-state index in [0.29, 0.717) is 5.82 Å². The lowest BCUT2D eigenvalue weighted by atomic mass is 10.1. The second-order valence-corrected chi connectivity index (χ2v) is 4.89. The maximum absolute atomic E-state index is 5.80. The molecule has 2 aliphatic heterocycles. The van der Waals surface area contributed by atoms with E-state index in [1.54, 1.807) is 7.11 Å². The van der Waals surface area contributed by atoms with Crippen molar-refractivity contribution in [3.63, 3.8) is 0 Å². The minimum absolute atomic E-state index is 0.0648. The standard InChI is InChI=1S/C13H24N4O/c1-3-6-16-7-9-17(10-8-16)13-11(18-2)4-5-12(14)15-13/h5,11H,3-4,6-10,14H2,1-2H3. The van der Waals surface area contributed by atoms with Gasteiger partial charge in [0.25, 0.3) is 0 Å². The first-order chi connectivity index (χ1) is 8.74. The molecular formula is C13H24N4O. The first-order valence-corrected chi connectivity index (χ1v) is 6.79. The van der Waals surface area contributed by atoms with Crippen molar-refractivity contribution in [2.75, 3.05) is 39.8 Å². The van der Waals surface area contributed by atoms with E-state index in [2.05, 4.69) is 21.7 Å². The fourth-order valence-corrected chi connectivity index (χ4v) is 2.58.